The first-order chi connectivity index (χ1) is 12.1. The molecule has 0 spiro atoms. The first-order valence-electron chi connectivity index (χ1n) is 8.00. The van der Waals surface area contributed by atoms with Crippen molar-refractivity contribution in [2.75, 3.05) is 5.32 Å². The molecule has 0 aliphatic heterocycles. The molecule has 25 heavy (non-hydrogen) atoms. The predicted molar refractivity (Wildman–Crippen MR) is 97.0 cm³/mol. The van der Waals surface area contributed by atoms with Crippen LogP contribution in [0, 0.1) is 5.82 Å². The number of hydrogen-bond acceptors (Lipinski definition) is 2. The minimum Gasteiger partial charge on any atom is -0.481 e. The highest BCUT2D eigenvalue weighted by atomic mass is 19.1. The number of hydrogen-bond donors (Lipinski definition) is 1. The van der Waals surface area contributed by atoms with Gasteiger partial charge in [0.25, 0.3) is 5.91 Å². The lowest BCUT2D eigenvalue weighted by atomic mass is 10.1. The number of amides is 1. The topological polar surface area (TPSA) is 38.3 Å². The molecular formula is C21H18FNO2. The summed E-state index contributed by atoms with van der Waals surface area (Å²) in [5.74, 6) is -0.137. The summed E-state index contributed by atoms with van der Waals surface area (Å²) in [7, 11) is 0. The average Bonchev–Trinajstić information content (AvgIpc) is 2.63. The summed E-state index contributed by atoms with van der Waals surface area (Å²) in [5, 5.41) is 2.64. The van der Waals surface area contributed by atoms with E-state index < -0.39 is 11.9 Å². The van der Waals surface area contributed by atoms with E-state index in [1.807, 2.05) is 54.6 Å². The van der Waals surface area contributed by atoms with Gasteiger partial charge in [-0.05, 0) is 48.4 Å². The zero-order valence-electron chi connectivity index (χ0n) is 13.8. The summed E-state index contributed by atoms with van der Waals surface area (Å²) in [6.07, 6.45) is -0.703. The van der Waals surface area contributed by atoms with Crippen molar-refractivity contribution in [2.24, 2.45) is 0 Å². The number of rotatable bonds is 5. The van der Waals surface area contributed by atoms with Crippen molar-refractivity contribution in [1.82, 2.24) is 0 Å². The second kappa shape index (κ2) is 7.62. The van der Waals surface area contributed by atoms with Crippen LogP contribution in [0.15, 0.2) is 78.9 Å². The van der Waals surface area contributed by atoms with E-state index in [4.69, 9.17) is 4.74 Å². The Bertz CT molecular complexity index is 847. The number of ether oxygens (including phenoxy) is 1. The van der Waals surface area contributed by atoms with E-state index in [9.17, 15) is 9.18 Å². The summed E-state index contributed by atoms with van der Waals surface area (Å²) < 4.78 is 18.8. The lowest BCUT2D eigenvalue weighted by Crippen LogP contribution is -2.30. The van der Waals surface area contributed by atoms with Gasteiger partial charge in [-0.15, -0.1) is 0 Å². The number of carbonyl (C=O) groups excluding carboxylic acids is 1. The van der Waals surface area contributed by atoms with Crippen molar-refractivity contribution in [1.29, 1.82) is 0 Å². The maximum Gasteiger partial charge on any atom is 0.265 e. The van der Waals surface area contributed by atoms with E-state index in [1.54, 1.807) is 19.1 Å². The van der Waals surface area contributed by atoms with E-state index in [-0.39, 0.29) is 5.91 Å². The van der Waals surface area contributed by atoms with Gasteiger partial charge in [0.15, 0.2) is 6.10 Å². The molecule has 0 aromatic heterocycles. The number of benzene rings is 3. The molecular weight excluding hydrogens is 317 g/mol. The molecule has 1 unspecified atom stereocenters. The van der Waals surface area contributed by atoms with Gasteiger partial charge < -0.3 is 10.1 Å². The average molecular weight is 335 g/mol. The Morgan fingerprint density at radius 3 is 2.28 bits per heavy atom. The molecule has 0 saturated carbocycles. The molecule has 4 heteroatoms. The van der Waals surface area contributed by atoms with Crippen LogP contribution in [0.4, 0.5) is 10.1 Å². The van der Waals surface area contributed by atoms with Crippen LogP contribution in [-0.2, 0) is 4.79 Å². The SMILES string of the molecule is CC(Oc1ccc(-c2ccccc2)cc1)C(=O)Nc1cccc(F)c1. The van der Waals surface area contributed by atoms with Crippen molar-refractivity contribution in [3.63, 3.8) is 0 Å². The minimum absolute atomic E-state index is 0.335. The second-order valence-corrected chi connectivity index (χ2v) is 5.65. The maximum atomic E-state index is 13.2. The molecule has 0 fully saturated rings. The van der Waals surface area contributed by atoms with Gasteiger partial charge in [-0.2, -0.15) is 0 Å². The van der Waals surface area contributed by atoms with Crippen LogP contribution in [0.1, 0.15) is 6.92 Å². The highest BCUT2D eigenvalue weighted by Crippen LogP contribution is 2.22. The molecule has 3 aromatic rings. The van der Waals surface area contributed by atoms with E-state index in [2.05, 4.69) is 5.32 Å². The largest absolute Gasteiger partial charge is 0.481 e. The van der Waals surface area contributed by atoms with Gasteiger partial charge in [0, 0.05) is 5.69 Å². The quantitative estimate of drug-likeness (QED) is 0.720. The van der Waals surface area contributed by atoms with Crippen molar-refractivity contribution < 1.29 is 13.9 Å². The summed E-state index contributed by atoms with van der Waals surface area (Å²) in [6.45, 7) is 1.65. The molecule has 0 aliphatic carbocycles. The first-order valence-corrected chi connectivity index (χ1v) is 8.00. The van der Waals surface area contributed by atoms with Gasteiger partial charge in [-0.3, -0.25) is 4.79 Å². The standard InChI is InChI=1S/C21H18FNO2/c1-15(21(24)23-19-9-5-8-18(22)14-19)25-20-12-10-17(11-13-20)16-6-3-2-4-7-16/h2-15H,1H3,(H,23,24). The van der Waals surface area contributed by atoms with E-state index in [1.165, 1.54) is 12.1 Å². The number of nitrogens with one attached hydrogen (secondary N) is 1. The molecule has 1 amide bonds. The van der Waals surface area contributed by atoms with Crippen LogP contribution in [0.3, 0.4) is 0 Å². The molecule has 3 aromatic carbocycles. The first kappa shape index (κ1) is 16.7. The van der Waals surface area contributed by atoms with E-state index in [0.29, 0.717) is 11.4 Å². The highest BCUT2D eigenvalue weighted by molar-refractivity contribution is 5.94. The molecule has 0 saturated heterocycles. The van der Waals surface area contributed by atoms with Crippen LogP contribution in [0.25, 0.3) is 11.1 Å². The van der Waals surface area contributed by atoms with Gasteiger partial charge in [0.2, 0.25) is 0 Å². The van der Waals surface area contributed by atoms with Gasteiger partial charge in [-0.25, -0.2) is 4.39 Å². The lowest BCUT2D eigenvalue weighted by molar-refractivity contribution is -0.122. The molecule has 3 rings (SSSR count). The predicted octanol–water partition coefficient (Wildman–Crippen LogP) is 4.90. The number of carbonyl (C=O) groups is 1. The Morgan fingerprint density at radius 2 is 1.60 bits per heavy atom. The van der Waals surface area contributed by atoms with Crippen molar-refractivity contribution in [3.05, 3.63) is 84.7 Å². The minimum atomic E-state index is -0.703. The second-order valence-electron chi connectivity index (χ2n) is 5.65. The molecule has 0 heterocycles. The smallest absolute Gasteiger partial charge is 0.265 e. The van der Waals surface area contributed by atoms with Crippen LogP contribution in [-0.4, -0.2) is 12.0 Å². The fourth-order valence-electron chi connectivity index (χ4n) is 2.42. The van der Waals surface area contributed by atoms with Crippen LogP contribution in [0.2, 0.25) is 0 Å². The number of anilines is 1. The summed E-state index contributed by atoms with van der Waals surface area (Å²) >= 11 is 0. The zero-order chi connectivity index (χ0) is 17.6. The summed E-state index contributed by atoms with van der Waals surface area (Å²) in [4.78, 5) is 12.2. The highest BCUT2D eigenvalue weighted by Gasteiger charge is 2.15. The van der Waals surface area contributed by atoms with Crippen molar-refractivity contribution in [3.8, 4) is 16.9 Å². The van der Waals surface area contributed by atoms with E-state index in [0.717, 1.165) is 11.1 Å². The summed E-state index contributed by atoms with van der Waals surface area (Å²) in [6, 6.07) is 23.3. The molecule has 0 bridgehead atoms. The fourth-order valence-corrected chi connectivity index (χ4v) is 2.42. The third-order valence-electron chi connectivity index (χ3n) is 3.74. The van der Waals surface area contributed by atoms with E-state index >= 15 is 0 Å². The van der Waals surface area contributed by atoms with Gasteiger partial charge in [-0.1, -0.05) is 48.5 Å². The zero-order valence-corrected chi connectivity index (χ0v) is 13.8. The molecule has 3 nitrogen and oxygen atoms in total. The van der Waals surface area contributed by atoms with Crippen molar-refractivity contribution in [2.45, 2.75) is 13.0 Å². The Labute approximate surface area is 146 Å². The van der Waals surface area contributed by atoms with Gasteiger partial charge in [0.05, 0.1) is 0 Å². The Hall–Kier alpha value is -3.14. The fraction of sp³-hybridized carbons (Fsp3) is 0.0952. The van der Waals surface area contributed by atoms with Crippen LogP contribution < -0.4 is 10.1 Å². The monoisotopic (exact) mass is 335 g/mol. The third kappa shape index (κ3) is 4.44. The Morgan fingerprint density at radius 1 is 0.920 bits per heavy atom. The summed E-state index contributed by atoms with van der Waals surface area (Å²) in [5.41, 5.74) is 2.59. The third-order valence-corrected chi connectivity index (χ3v) is 3.74. The van der Waals surface area contributed by atoms with Crippen LogP contribution >= 0.6 is 0 Å². The Balaban J connectivity index is 1.62. The molecule has 0 radical (unpaired) electrons. The molecule has 126 valence electrons. The Kier molecular flexibility index (Phi) is 5.09. The molecule has 1 atom stereocenters. The lowest BCUT2D eigenvalue weighted by Gasteiger charge is -2.15. The number of halogens is 1. The van der Waals surface area contributed by atoms with Gasteiger partial charge in [0.1, 0.15) is 11.6 Å². The molecule has 1 N–H and O–H groups in total. The van der Waals surface area contributed by atoms with Crippen LogP contribution in [0.5, 0.6) is 5.75 Å². The normalized spacial score (nSPS) is 11.6. The van der Waals surface area contributed by atoms with Gasteiger partial charge >= 0.3 is 0 Å². The molecule has 0 aliphatic rings. The maximum absolute atomic E-state index is 13.2. The van der Waals surface area contributed by atoms with Crippen molar-refractivity contribution >= 4 is 11.6 Å².